The normalized spacial score (nSPS) is 20.8. The van der Waals surface area contributed by atoms with Gasteiger partial charge < -0.3 is 15.6 Å². The molecule has 0 spiro atoms. The van der Waals surface area contributed by atoms with Crippen LogP contribution in [0.2, 0.25) is 0 Å². The zero-order chi connectivity index (χ0) is 13.0. The third-order valence-corrected chi connectivity index (χ3v) is 3.42. The summed E-state index contributed by atoms with van der Waals surface area (Å²) < 4.78 is 5.36. The second kappa shape index (κ2) is 6.24. The van der Waals surface area contributed by atoms with Crippen LogP contribution in [0.5, 0.6) is 0 Å². The van der Waals surface area contributed by atoms with Crippen LogP contribution in [0.1, 0.15) is 11.1 Å². The summed E-state index contributed by atoms with van der Waals surface area (Å²) in [5.41, 5.74) is 7.64. The van der Waals surface area contributed by atoms with Crippen LogP contribution in [0.3, 0.4) is 0 Å². The van der Waals surface area contributed by atoms with E-state index in [-0.39, 0.29) is 12.6 Å². The van der Waals surface area contributed by atoms with Crippen LogP contribution in [-0.4, -0.2) is 47.4 Å². The number of hydrogen-bond acceptors (Lipinski definition) is 4. The van der Waals surface area contributed by atoms with Gasteiger partial charge in [-0.05, 0) is 5.56 Å². The van der Waals surface area contributed by atoms with Gasteiger partial charge in [-0.25, -0.2) is 0 Å². The topological polar surface area (TPSA) is 58.7 Å². The predicted molar refractivity (Wildman–Crippen MR) is 74.4 cm³/mol. The Hall–Kier alpha value is -1.01. The third kappa shape index (κ3) is 3.26. The predicted octanol–water partition coefficient (Wildman–Crippen LogP) is 0.514. The molecule has 1 heterocycles. The molecule has 1 fully saturated rings. The van der Waals surface area contributed by atoms with Gasteiger partial charge in [0.2, 0.25) is 0 Å². The van der Waals surface area contributed by atoms with Crippen molar-refractivity contribution in [3.63, 3.8) is 0 Å². The fourth-order valence-electron chi connectivity index (χ4n) is 2.07. The van der Waals surface area contributed by atoms with Gasteiger partial charge in [0.15, 0.2) is 0 Å². The molecule has 2 rings (SSSR count). The van der Waals surface area contributed by atoms with Crippen molar-refractivity contribution in [1.29, 1.82) is 0 Å². The van der Waals surface area contributed by atoms with E-state index >= 15 is 0 Å². The maximum Gasteiger partial charge on any atom is 0.103 e. The van der Waals surface area contributed by atoms with E-state index in [0.717, 1.165) is 25.3 Å². The molecule has 1 aromatic carbocycles. The molecule has 4 nitrogen and oxygen atoms in total. The molecule has 98 valence electrons. The lowest BCUT2D eigenvalue weighted by atomic mass is 10.1. The first-order valence-electron chi connectivity index (χ1n) is 6.02. The zero-order valence-corrected chi connectivity index (χ0v) is 11.0. The monoisotopic (exact) mass is 266 g/mol. The van der Waals surface area contributed by atoms with Crippen LogP contribution in [0.25, 0.3) is 0 Å². The van der Waals surface area contributed by atoms with Crippen LogP contribution >= 0.6 is 12.2 Å². The molecule has 18 heavy (non-hydrogen) atoms. The maximum absolute atomic E-state index is 9.30. The fraction of sp³-hybridized carbons (Fsp3) is 0.462. The Morgan fingerprint density at radius 3 is 2.78 bits per heavy atom. The van der Waals surface area contributed by atoms with Gasteiger partial charge in [-0.2, -0.15) is 0 Å². The van der Waals surface area contributed by atoms with Gasteiger partial charge in [0.25, 0.3) is 0 Å². The van der Waals surface area contributed by atoms with Gasteiger partial charge in [-0.15, -0.1) is 0 Å². The highest BCUT2D eigenvalue weighted by molar-refractivity contribution is 7.80. The number of ether oxygens (including phenoxy) is 1. The summed E-state index contributed by atoms with van der Waals surface area (Å²) in [6.45, 7) is 3.11. The Morgan fingerprint density at radius 1 is 1.44 bits per heavy atom. The van der Waals surface area contributed by atoms with Gasteiger partial charge in [0.05, 0.1) is 25.9 Å². The minimum Gasteiger partial charge on any atom is -0.395 e. The molecule has 1 saturated heterocycles. The van der Waals surface area contributed by atoms with Crippen LogP contribution < -0.4 is 5.73 Å². The smallest absolute Gasteiger partial charge is 0.103 e. The molecule has 5 heteroatoms. The minimum absolute atomic E-state index is 0.0917. The van der Waals surface area contributed by atoms with Crippen molar-refractivity contribution in [2.45, 2.75) is 12.6 Å². The highest BCUT2D eigenvalue weighted by Crippen LogP contribution is 2.13. The number of nitrogens with two attached hydrogens (primary N) is 1. The van der Waals surface area contributed by atoms with Crippen LogP contribution in [0.15, 0.2) is 24.3 Å². The van der Waals surface area contributed by atoms with E-state index in [2.05, 4.69) is 4.90 Å². The van der Waals surface area contributed by atoms with Gasteiger partial charge in [0, 0.05) is 18.7 Å². The quantitative estimate of drug-likeness (QED) is 0.778. The van der Waals surface area contributed by atoms with E-state index in [4.69, 9.17) is 22.7 Å². The van der Waals surface area contributed by atoms with Crippen molar-refractivity contribution >= 4 is 17.2 Å². The molecule has 0 amide bonds. The van der Waals surface area contributed by atoms with E-state index < -0.39 is 0 Å². The molecule has 0 radical (unpaired) electrons. The number of aliphatic hydroxyl groups excluding tert-OH is 1. The Bertz CT molecular complexity index is 408. The fourth-order valence-corrected chi connectivity index (χ4v) is 2.21. The molecule has 0 saturated carbocycles. The summed E-state index contributed by atoms with van der Waals surface area (Å²) in [4.78, 5) is 2.65. The maximum atomic E-state index is 9.30. The number of rotatable bonds is 4. The molecular formula is C13H18N2O2S. The van der Waals surface area contributed by atoms with Crippen molar-refractivity contribution in [3.05, 3.63) is 35.4 Å². The Morgan fingerprint density at radius 2 is 2.17 bits per heavy atom. The third-order valence-electron chi connectivity index (χ3n) is 3.18. The van der Waals surface area contributed by atoms with Crippen LogP contribution in [0, 0.1) is 0 Å². The highest BCUT2D eigenvalue weighted by atomic mass is 32.1. The lowest BCUT2D eigenvalue weighted by Crippen LogP contribution is -2.46. The van der Waals surface area contributed by atoms with E-state index in [1.807, 2.05) is 24.3 Å². The van der Waals surface area contributed by atoms with Gasteiger partial charge in [-0.1, -0.05) is 36.5 Å². The van der Waals surface area contributed by atoms with Gasteiger partial charge in [-0.3, -0.25) is 4.90 Å². The molecule has 0 aromatic heterocycles. The summed E-state index contributed by atoms with van der Waals surface area (Å²) in [5.74, 6) is 0. The largest absolute Gasteiger partial charge is 0.395 e. The number of benzene rings is 1. The number of thiocarbonyl (C=S) groups is 1. The summed E-state index contributed by atoms with van der Waals surface area (Å²) >= 11 is 4.92. The van der Waals surface area contributed by atoms with Crippen molar-refractivity contribution in [2.75, 3.05) is 26.4 Å². The SMILES string of the molecule is NC(=S)c1ccc(CN2CCOCC2CO)cc1. The summed E-state index contributed by atoms with van der Waals surface area (Å²) in [6.07, 6.45) is 0. The summed E-state index contributed by atoms with van der Waals surface area (Å²) in [6, 6.07) is 8.02. The lowest BCUT2D eigenvalue weighted by Gasteiger charge is -2.34. The van der Waals surface area contributed by atoms with Crippen molar-refractivity contribution in [1.82, 2.24) is 4.90 Å². The molecule has 1 aliphatic rings. The Kier molecular flexibility index (Phi) is 4.66. The molecule has 1 atom stereocenters. The number of hydrogen-bond donors (Lipinski definition) is 2. The van der Waals surface area contributed by atoms with Gasteiger partial charge >= 0.3 is 0 Å². The van der Waals surface area contributed by atoms with Crippen molar-refractivity contribution in [2.24, 2.45) is 5.73 Å². The standard InChI is InChI=1S/C13H18N2O2S/c14-13(18)11-3-1-10(2-4-11)7-15-5-6-17-9-12(15)8-16/h1-4,12,16H,5-9H2,(H2,14,18). The summed E-state index contributed by atoms with van der Waals surface area (Å²) in [7, 11) is 0. The van der Waals surface area contributed by atoms with Gasteiger partial charge in [0.1, 0.15) is 4.99 Å². The van der Waals surface area contributed by atoms with Crippen molar-refractivity contribution in [3.8, 4) is 0 Å². The Labute approximate surface area is 112 Å². The molecule has 0 bridgehead atoms. The number of aliphatic hydroxyl groups is 1. The highest BCUT2D eigenvalue weighted by Gasteiger charge is 2.21. The minimum atomic E-state index is 0.0917. The molecule has 1 aromatic rings. The molecule has 3 N–H and O–H groups in total. The second-order valence-electron chi connectivity index (χ2n) is 4.44. The molecule has 1 aliphatic heterocycles. The van der Waals surface area contributed by atoms with E-state index in [9.17, 15) is 5.11 Å². The Balaban J connectivity index is 2.01. The summed E-state index contributed by atoms with van der Waals surface area (Å²) in [5, 5.41) is 9.30. The van der Waals surface area contributed by atoms with Crippen LogP contribution in [0.4, 0.5) is 0 Å². The number of nitrogens with zero attached hydrogens (tertiary/aromatic N) is 1. The number of morpholine rings is 1. The molecule has 1 unspecified atom stereocenters. The zero-order valence-electron chi connectivity index (χ0n) is 10.2. The van der Waals surface area contributed by atoms with Crippen LogP contribution in [-0.2, 0) is 11.3 Å². The van der Waals surface area contributed by atoms with Crippen molar-refractivity contribution < 1.29 is 9.84 Å². The second-order valence-corrected chi connectivity index (χ2v) is 4.88. The molecular weight excluding hydrogens is 248 g/mol. The average Bonchev–Trinajstić information content (AvgIpc) is 2.40. The van der Waals surface area contributed by atoms with E-state index in [0.29, 0.717) is 11.6 Å². The lowest BCUT2D eigenvalue weighted by molar-refractivity contribution is -0.0312. The average molecular weight is 266 g/mol. The van der Waals surface area contributed by atoms with E-state index in [1.54, 1.807) is 0 Å². The first-order valence-corrected chi connectivity index (χ1v) is 6.43. The molecule has 0 aliphatic carbocycles. The first kappa shape index (κ1) is 13.4. The first-order chi connectivity index (χ1) is 8.70. The van der Waals surface area contributed by atoms with E-state index in [1.165, 1.54) is 5.56 Å².